The number of nitrogens with one attached hydrogen (secondary N) is 1. The maximum Gasteiger partial charge on any atom is 0.239 e. The van der Waals surface area contributed by atoms with Crippen molar-refractivity contribution in [3.05, 3.63) is 50.9 Å². The molecule has 1 aromatic heterocycles. The van der Waals surface area contributed by atoms with Gasteiger partial charge in [0.1, 0.15) is 0 Å². The summed E-state index contributed by atoms with van der Waals surface area (Å²) < 4.78 is 0. The number of thiazole rings is 1. The fraction of sp³-hybridized carbons (Fsp3) is 0.421. The molecule has 0 bridgehead atoms. The first-order valence-corrected chi connectivity index (χ1v) is 9.88. The molecule has 0 spiro atoms. The predicted octanol–water partition coefficient (Wildman–Crippen LogP) is 3.30. The maximum atomic E-state index is 12.5. The molecule has 1 aromatic carbocycles. The monoisotopic (exact) mass is 393 g/mol. The second-order valence-corrected chi connectivity index (χ2v) is 7.73. The lowest BCUT2D eigenvalue weighted by atomic mass is 10.2. The highest BCUT2D eigenvalue weighted by atomic mass is 35.5. The second kappa shape index (κ2) is 9.69. The molecule has 0 aliphatic carbocycles. The van der Waals surface area contributed by atoms with Crippen LogP contribution in [-0.2, 0) is 22.4 Å². The van der Waals surface area contributed by atoms with E-state index in [1.165, 1.54) is 11.3 Å². The number of amides is 2. The smallest absolute Gasteiger partial charge is 0.239 e. The minimum atomic E-state index is -0.143. The highest BCUT2D eigenvalue weighted by Crippen LogP contribution is 2.18. The predicted molar refractivity (Wildman–Crippen MR) is 106 cm³/mol. The zero-order valence-corrected chi connectivity index (χ0v) is 16.9. The molecular formula is C19H24ClN3O2S. The summed E-state index contributed by atoms with van der Waals surface area (Å²) in [6.45, 7) is 6.22. The number of benzene rings is 1. The first-order chi connectivity index (χ1) is 12.4. The first kappa shape index (κ1) is 20.4. The summed E-state index contributed by atoms with van der Waals surface area (Å²) in [5.74, 6) is -0.235. The molecule has 26 heavy (non-hydrogen) atoms. The normalized spacial score (nSPS) is 10.8. The van der Waals surface area contributed by atoms with Crippen LogP contribution in [0.5, 0.6) is 0 Å². The van der Waals surface area contributed by atoms with Gasteiger partial charge in [0.2, 0.25) is 11.8 Å². The van der Waals surface area contributed by atoms with E-state index in [4.69, 9.17) is 11.6 Å². The third-order valence-corrected chi connectivity index (χ3v) is 4.83. The fourth-order valence-electron chi connectivity index (χ4n) is 2.52. The van der Waals surface area contributed by atoms with E-state index in [1.807, 2.05) is 50.4 Å². The summed E-state index contributed by atoms with van der Waals surface area (Å²) >= 11 is 7.54. The van der Waals surface area contributed by atoms with Gasteiger partial charge in [-0.1, -0.05) is 23.7 Å². The Labute approximate surface area is 163 Å². The van der Waals surface area contributed by atoms with Gasteiger partial charge in [0, 0.05) is 29.4 Å². The van der Waals surface area contributed by atoms with E-state index in [0.717, 1.165) is 16.3 Å². The van der Waals surface area contributed by atoms with Crippen LogP contribution in [0.15, 0.2) is 29.6 Å². The third-order valence-electron chi connectivity index (χ3n) is 3.69. The summed E-state index contributed by atoms with van der Waals surface area (Å²) in [7, 11) is 0. The van der Waals surface area contributed by atoms with Crippen molar-refractivity contribution in [2.24, 2.45) is 0 Å². The first-order valence-electron chi connectivity index (χ1n) is 8.62. The van der Waals surface area contributed by atoms with Crippen molar-refractivity contribution in [3.8, 4) is 0 Å². The minimum absolute atomic E-state index is 0.0592. The lowest BCUT2D eigenvalue weighted by molar-refractivity contribution is -0.135. The van der Waals surface area contributed by atoms with Crippen molar-refractivity contribution in [2.45, 2.75) is 39.7 Å². The van der Waals surface area contributed by atoms with Gasteiger partial charge in [-0.25, -0.2) is 4.98 Å². The fourth-order valence-corrected chi connectivity index (χ4v) is 3.56. The Morgan fingerprint density at radius 2 is 2.12 bits per heavy atom. The molecule has 140 valence electrons. The molecule has 0 fully saturated rings. The van der Waals surface area contributed by atoms with Crippen molar-refractivity contribution in [1.82, 2.24) is 15.2 Å². The van der Waals surface area contributed by atoms with E-state index >= 15 is 0 Å². The molecule has 2 aromatic rings. The van der Waals surface area contributed by atoms with Gasteiger partial charge in [0.25, 0.3) is 0 Å². The quantitative estimate of drug-likeness (QED) is 0.748. The van der Waals surface area contributed by atoms with E-state index in [9.17, 15) is 9.59 Å². The number of carbonyl (C=O) groups is 2. The van der Waals surface area contributed by atoms with Crippen LogP contribution >= 0.6 is 22.9 Å². The molecule has 0 unspecified atom stereocenters. The van der Waals surface area contributed by atoms with Gasteiger partial charge in [0.05, 0.1) is 23.7 Å². The molecule has 7 heteroatoms. The van der Waals surface area contributed by atoms with Gasteiger partial charge in [-0.05, 0) is 38.5 Å². The number of aromatic nitrogens is 1. The van der Waals surface area contributed by atoms with Gasteiger partial charge in [-0.3, -0.25) is 9.59 Å². The van der Waals surface area contributed by atoms with Crippen LogP contribution in [0.3, 0.4) is 0 Å². The molecule has 1 N–H and O–H groups in total. The van der Waals surface area contributed by atoms with E-state index in [0.29, 0.717) is 18.0 Å². The average molecular weight is 394 g/mol. The summed E-state index contributed by atoms with van der Waals surface area (Å²) in [6, 6.07) is 7.73. The zero-order chi connectivity index (χ0) is 19.1. The Morgan fingerprint density at radius 1 is 1.35 bits per heavy atom. The van der Waals surface area contributed by atoms with Gasteiger partial charge >= 0.3 is 0 Å². The van der Waals surface area contributed by atoms with Crippen LogP contribution in [0.4, 0.5) is 0 Å². The molecule has 0 radical (unpaired) electrons. The zero-order valence-electron chi connectivity index (χ0n) is 15.3. The molecule has 2 rings (SSSR count). The molecule has 2 amide bonds. The second-order valence-electron chi connectivity index (χ2n) is 6.35. The minimum Gasteiger partial charge on any atom is -0.352 e. The summed E-state index contributed by atoms with van der Waals surface area (Å²) in [4.78, 5) is 30.5. The number of likely N-dealkylation sites (N-methyl/N-ethyl adjacent to an activating group) is 1. The number of rotatable bonds is 8. The Morgan fingerprint density at radius 3 is 2.77 bits per heavy atom. The summed E-state index contributed by atoms with van der Waals surface area (Å²) in [6.07, 6.45) is 0.891. The number of nitrogens with zero attached hydrogens (tertiary/aromatic N) is 2. The Balaban J connectivity index is 1.94. The molecule has 0 aliphatic rings. The molecule has 5 nitrogen and oxygen atoms in total. The van der Waals surface area contributed by atoms with E-state index in [2.05, 4.69) is 10.3 Å². The maximum absolute atomic E-state index is 12.5. The molecule has 0 saturated carbocycles. The van der Waals surface area contributed by atoms with E-state index in [-0.39, 0.29) is 30.8 Å². The standard InChI is InChI=1S/C19H24ClN3O2S/c1-4-23(11-17(24)21-13(2)3)19(25)10-16-12-26-18(22-16)9-14-6-5-7-15(20)8-14/h5-8,12-13H,4,9-11H2,1-3H3,(H,21,24). The van der Waals surface area contributed by atoms with E-state index < -0.39 is 0 Å². The Bertz CT molecular complexity index is 761. The molecular weight excluding hydrogens is 370 g/mol. The lowest BCUT2D eigenvalue weighted by Gasteiger charge is -2.20. The highest BCUT2D eigenvalue weighted by Gasteiger charge is 2.17. The molecule has 0 atom stereocenters. The summed E-state index contributed by atoms with van der Waals surface area (Å²) in [5.41, 5.74) is 1.82. The van der Waals surface area contributed by atoms with Crippen LogP contribution in [0.1, 0.15) is 37.0 Å². The number of hydrogen-bond acceptors (Lipinski definition) is 4. The largest absolute Gasteiger partial charge is 0.352 e. The topological polar surface area (TPSA) is 62.3 Å². The highest BCUT2D eigenvalue weighted by molar-refractivity contribution is 7.09. The van der Waals surface area contributed by atoms with Gasteiger partial charge in [-0.2, -0.15) is 0 Å². The van der Waals surface area contributed by atoms with Gasteiger partial charge in [-0.15, -0.1) is 11.3 Å². The van der Waals surface area contributed by atoms with Crippen LogP contribution < -0.4 is 5.32 Å². The van der Waals surface area contributed by atoms with E-state index in [1.54, 1.807) is 4.90 Å². The Hall–Kier alpha value is -1.92. The number of carbonyl (C=O) groups excluding carboxylic acids is 2. The number of hydrogen-bond donors (Lipinski definition) is 1. The lowest BCUT2D eigenvalue weighted by Crippen LogP contribution is -2.43. The summed E-state index contributed by atoms with van der Waals surface area (Å²) in [5, 5.41) is 6.35. The Kier molecular flexibility index (Phi) is 7.60. The number of halogens is 1. The average Bonchev–Trinajstić information content (AvgIpc) is 2.98. The SMILES string of the molecule is CCN(CC(=O)NC(C)C)C(=O)Cc1csc(Cc2cccc(Cl)c2)n1. The van der Waals surface area contributed by atoms with Crippen molar-refractivity contribution in [1.29, 1.82) is 0 Å². The van der Waals surface area contributed by atoms with Gasteiger partial charge in [0.15, 0.2) is 0 Å². The third kappa shape index (κ3) is 6.42. The molecule has 1 heterocycles. The van der Waals surface area contributed by atoms with Crippen molar-refractivity contribution in [2.75, 3.05) is 13.1 Å². The van der Waals surface area contributed by atoms with Crippen molar-refractivity contribution in [3.63, 3.8) is 0 Å². The molecule has 0 aliphatic heterocycles. The van der Waals surface area contributed by atoms with Crippen molar-refractivity contribution < 1.29 is 9.59 Å². The van der Waals surface area contributed by atoms with Crippen LogP contribution in [0, 0.1) is 0 Å². The van der Waals surface area contributed by atoms with Gasteiger partial charge < -0.3 is 10.2 Å². The van der Waals surface area contributed by atoms with Crippen molar-refractivity contribution >= 4 is 34.8 Å². The molecule has 0 saturated heterocycles. The van der Waals surface area contributed by atoms with Crippen LogP contribution in [-0.4, -0.2) is 40.8 Å². The van der Waals surface area contributed by atoms with Crippen LogP contribution in [0.2, 0.25) is 5.02 Å². The van der Waals surface area contributed by atoms with Crippen LogP contribution in [0.25, 0.3) is 0 Å².